The number of carbonyl (C=O) groups is 1. The van der Waals surface area contributed by atoms with Gasteiger partial charge >= 0.3 is 0 Å². The van der Waals surface area contributed by atoms with E-state index < -0.39 is 11.6 Å². The molecule has 1 aromatic carbocycles. The molecule has 2 heterocycles. The molecule has 2 bridgehead atoms. The van der Waals surface area contributed by atoms with E-state index in [1.807, 2.05) is 0 Å². The molecule has 1 N–H and O–H groups in total. The Morgan fingerprint density at radius 2 is 1.88 bits per heavy atom. The van der Waals surface area contributed by atoms with Crippen molar-refractivity contribution in [3.63, 3.8) is 0 Å². The third-order valence-electron chi connectivity index (χ3n) is 6.18. The molecular formula is C19H24F2N2O. The van der Waals surface area contributed by atoms with Crippen LogP contribution in [0.1, 0.15) is 50.0 Å². The molecule has 2 saturated heterocycles. The number of fused-ring (bicyclic) bond motifs is 2. The summed E-state index contributed by atoms with van der Waals surface area (Å²) < 4.78 is 26.9. The lowest BCUT2D eigenvalue weighted by Gasteiger charge is -2.47. The molecule has 0 aromatic heterocycles. The second-order valence-corrected chi connectivity index (χ2v) is 7.70. The summed E-state index contributed by atoms with van der Waals surface area (Å²) in [6, 6.07) is 5.04. The molecule has 4 atom stereocenters. The summed E-state index contributed by atoms with van der Waals surface area (Å²) in [5, 5.41) is 3.20. The van der Waals surface area contributed by atoms with Gasteiger partial charge in [-0.1, -0.05) is 12.5 Å². The second-order valence-electron chi connectivity index (χ2n) is 7.70. The van der Waals surface area contributed by atoms with Crippen LogP contribution in [0.4, 0.5) is 8.78 Å². The molecule has 2 aliphatic heterocycles. The molecule has 24 heavy (non-hydrogen) atoms. The summed E-state index contributed by atoms with van der Waals surface area (Å²) in [6.45, 7) is 0. The summed E-state index contributed by atoms with van der Waals surface area (Å²) in [4.78, 5) is 15.0. The number of nitrogens with one attached hydrogen (secondary N) is 1. The molecule has 1 saturated carbocycles. The fourth-order valence-corrected chi connectivity index (χ4v) is 4.67. The number of nitrogens with zero attached hydrogens (tertiary/aromatic N) is 1. The van der Waals surface area contributed by atoms with Gasteiger partial charge in [0.05, 0.1) is 0 Å². The maximum absolute atomic E-state index is 13.9. The molecule has 0 radical (unpaired) electrons. The molecule has 3 fully saturated rings. The zero-order chi connectivity index (χ0) is 16.8. The van der Waals surface area contributed by atoms with Gasteiger partial charge in [0.2, 0.25) is 5.91 Å². The van der Waals surface area contributed by atoms with E-state index in [-0.39, 0.29) is 23.8 Å². The van der Waals surface area contributed by atoms with E-state index in [0.29, 0.717) is 24.1 Å². The number of rotatable bonds is 3. The Labute approximate surface area is 141 Å². The largest absolute Gasteiger partial charge is 0.353 e. The smallest absolute Gasteiger partial charge is 0.223 e. The van der Waals surface area contributed by atoms with Gasteiger partial charge in [0.25, 0.3) is 0 Å². The van der Waals surface area contributed by atoms with Crippen LogP contribution in [0, 0.1) is 17.6 Å². The minimum atomic E-state index is -0.573. The number of amides is 1. The third-order valence-corrected chi connectivity index (χ3v) is 6.18. The van der Waals surface area contributed by atoms with Gasteiger partial charge in [-0.15, -0.1) is 0 Å². The highest BCUT2D eigenvalue weighted by molar-refractivity contribution is 5.83. The Morgan fingerprint density at radius 3 is 2.54 bits per heavy atom. The lowest BCUT2D eigenvalue weighted by Crippen LogP contribution is -2.55. The minimum absolute atomic E-state index is 0.0383. The van der Waals surface area contributed by atoms with Gasteiger partial charge in [0, 0.05) is 30.1 Å². The Hall–Kier alpha value is -1.49. The number of piperidine rings is 2. The van der Waals surface area contributed by atoms with Crippen molar-refractivity contribution in [2.75, 3.05) is 7.05 Å². The fraction of sp³-hybridized carbons (Fsp3) is 0.632. The first kappa shape index (κ1) is 16.0. The molecule has 130 valence electrons. The van der Waals surface area contributed by atoms with E-state index in [9.17, 15) is 13.6 Å². The molecule has 1 aromatic rings. The molecule has 0 unspecified atom stereocenters. The first-order valence-electron chi connectivity index (χ1n) is 9.00. The number of carbonyl (C=O) groups excluding carboxylic acids is 1. The van der Waals surface area contributed by atoms with Crippen LogP contribution < -0.4 is 5.32 Å². The molecule has 5 heteroatoms. The Bertz CT molecular complexity index is 636. The van der Waals surface area contributed by atoms with Crippen LogP contribution in [-0.4, -0.2) is 36.0 Å². The average Bonchev–Trinajstić information content (AvgIpc) is 3.28. The lowest BCUT2D eigenvalue weighted by molar-refractivity contribution is -0.123. The van der Waals surface area contributed by atoms with E-state index in [1.165, 1.54) is 31.4 Å². The zero-order valence-corrected chi connectivity index (χ0v) is 14.0. The zero-order valence-electron chi connectivity index (χ0n) is 14.0. The maximum atomic E-state index is 13.9. The molecule has 4 rings (SSSR count). The summed E-state index contributed by atoms with van der Waals surface area (Å²) in [5.74, 6) is -1.34. The highest BCUT2D eigenvalue weighted by atomic mass is 19.1. The van der Waals surface area contributed by atoms with Crippen LogP contribution in [0.3, 0.4) is 0 Å². The van der Waals surface area contributed by atoms with Crippen molar-refractivity contribution in [2.24, 2.45) is 5.92 Å². The van der Waals surface area contributed by atoms with Gasteiger partial charge < -0.3 is 10.2 Å². The van der Waals surface area contributed by atoms with Crippen molar-refractivity contribution in [1.82, 2.24) is 10.2 Å². The Kier molecular flexibility index (Phi) is 4.07. The predicted octanol–water partition coefficient (Wildman–Crippen LogP) is 3.20. The normalized spacial score (nSPS) is 35.5. The second kappa shape index (κ2) is 6.10. The molecule has 3 nitrogen and oxygen atoms in total. The highest BCUT2D eigenvalue weighted by Crippen LogP contribution is 2.48. The van der Waals surface area contributed by atoms with Crippen LogP contribution in [-0.2, 0) is 4.79 Å². The van der Waals surface area contributed by atoms with Crippen molar-refractivity contribution in [3.05, 3.63) is 35.4 Å². The summed E-state index contributed by atoms with van der Waals surface area (Å²) in [7, 11) is 2.20. The van der Waals surface area contributed by atoms with E-state index in [4.69, 9.17) is 0 Å². The van der Waals surface area contributed by atoms with Crippen LogP contribution in [0.5, 0.6) is 0 Å². The van der Waals surface area contributed by atoms with Gasteiger partial charge in [-0.25, -0.2) is 8.78 Å². The van der Waals surface area contributed by atoms with Crippen molar-refractivity contribution in [2.45, 2.75) is 62.6 Å². The van der Waals surface area contributed by atoms with Crippen LogP contribution >= 0.6 is 0 Å². The fourth-order valence-electron chi connectivity index (χ4n) is 4.67. The number of hydrogen-bond donors (Lipinski definition) is 1. The first-order valence-corrected chi connectivity index (χ1v) is 9.00. The maximum Gasteiger partial charge on any atom is 0.223 e. The summed E-state index contributed by atoms with van der Waals surface area (Å²) in [5.41, 5.74) is 0.469. The van der Waals surface area contributed by atoms with Crippen LogP contribution in [0.25, 0.3) is 0 Å². The van der Waals surface area contributed by atoms with Crippen molar-refractivity contribution < 1.29 is 13.6 Å². The van der Waals surface area contributed by atoms with Gasteiger partial charge in [-0.2, -0.15) is 0 Å². The van der Waals surface area contributed by atoms with Crippen molar-refractivity contribution in [1.29, 1.82) is 0 Å². The standard InChI is InChI=1S/C19H24F2N2O/c1-23-13-3-2-4-14(23)9-12(8-13)22-19(24)17-10-16(17)15-6-5-11(20)7-18(15)21/h5-7,12-14,16-17H,2-4,8-10H2,1H3,(H,22,24)/t13-,14-,16-,17+/m0/s1. The van der Waals surface area contributed by atoms with Gasteiger partial charge in [-0.3, -0.25) is 4.79 Å². The molecule has 1 amide bonds. The van der Waals surface area contributed by atoms with Crippen LogP contribution in [0.2, 0.25) is 0 Å². The molecular weight excluding hydrogens is 310 g/mol. The SMILES string of the molecule is CN1[C@H]2CCC[C@H]1CC(NC(=O)[C@@H]1C[C@H]1c1ccc(F)cc1F)C2. The van der Waals surface area contributed by atoms with E-state index >= 15 is 0 Å². The number of benzene rings is 1. The van der Waals surface area contributed by atoms with E-state index in [1.54, 1.807) is 0 Å². The van der Waals surface area contributed by atoms with Crippen LogP contribution in [0.15, 0.2) is 18.2 Å². The summed E-state index contributed by atoms with van der Waals surface area (Å²) >= 11 is 0. The summed E-state index contributed by atoms with van der Waals surface area (Å²) in [6.07, 6.45) is 6.41. The van der Waals surface area contributed by atoms with Crippen molar-refractivity contribution >= 4 is 5.91 Å². The molecule has 3 aliphatic rings. The minimum Gasteiger partial charge on any atom is -0.353 e. The molecule has 0 spiro atoms. The quantitative estimate of drug-likeness (QED) is 0.921. The Morgan fingerprint density at radius 1 is 1.17 bits per heavy atom. The number of hydrogen-bond acceptors (Lipinski definition) is 2. The lowest BCUT2D eigenvalue weighted by atomic mass is 9.82. The number of halogens is 2. The molecule has 1 aliphatic carbocycles. The first-order chi connectivity index (χ1) is 11.5. The van der Waals surface area contributed by atoms with Gasteiger partial charge in [0.15, 0.2) is 0 Å². The van der Waals surface area contributed by atoms with Crippen molar-refractivity contribution in [3.8, 4) is 0 Å². The third kappa shape index (κ3) is 2.94. The van der Waals surface area contributed by atoms with E-state index in [2.05, 4.69) is 17.3 Å². The highest BCUT2D eigenvalue weighted by Gasteiger charge is 2.46. The topological polar surface area (TPSA) is 32.3 Å². The van der Waals surface area contributed by atoms with Gasteiger partial charge in [-0.05, 0) is 56.7 Å². The Balaban J connectivity index is 1.36. The average molecular weight is 334 g/mol. The van der Waals surface area contributed by atoms with Gasteiger partial charge in [0.1, 0.15) is 11.6 Å². The van der Waals surface area contributed by atoms with E-state index in [0.717, 1.165) is 18.9 Å². The predicted molar refractivity (Wildman–Crippen MR) is 87.6 cm³/mol. The monoisotopic (exact) mass is 334 g/mol.